The maximum atomic E-state index is 12.4. The molecule has 0 spiro atoms. The molecule has 0 atom stereocenters. The number of aromatic nitrogens is 3. The number of amides is 1. The van der Waals surface area contributed by atoms with E-state index in [2.05, 4.69) is 20.3 Å². The molecule has 7 nitrogen and oxygen atoms in total. The third kappa shape index (κ3) is 4.75. The van der Waals surface area contributed by atoms with Crippen molar-refractivity contribution >= 4 is 16.8 Å². The van der Waals surface area contributed by atoms with Crippen LogP contribution in [0.3, 0.4) is 0 Å². The summed E-state index contributed by atoms with van der Waals surface area (Å²) in [6.45, 7) is 5.46. The third-order valence-corrected chi connectivity index (χ3v) is 4.03. The predicted molar refractivity (Wildman–Crippen MR) is 103 cm³/mol. The van der Waals surface area contributed by atoms with Gasteiger partial charge in [-0.3, -0.25) is 4.79 Å². The van der Waals surface area contributed by atoms with Crippen molar-refractivity contribution < 1.29 is 14.3 Å². The summed E-state index contributed by atoms with van der Waals surface area (Å²) in [5.74, 6) is 1.99. The van der Waals surface area contributed by atoms with Crippen molar-refractivity contribution in [3.63, 3.8) is 0 Å². The van der Waals surface area contributed by atoms with Crippen LogP contribution in [0, 0.1) is 0 Å². The van der Waals surface area contributed by atoms with Crippen LogP contribution in [0.25, 0.3) is 10.9 Å². The first kappa shape index (κ1) is 18.7. The van der Waals surface area contributed by atoms with Crippen LogP contribution in [-0.2, 0) is 6.42 Å². The number of aromatic amines is 1. The number of aryl methyl sites for hydroxylation is 1. The number of nitrogens with zero attached hydrogens (tertiary/aromatic N) is 2. The van der Waals surface area contributed by atoms with E-state index in [0.29, 0.717) is 42.5 Å². The van der Waals surface area contributed by atoms with Crippen LogP contribution in [0.1, 0.15) is 36.5 Å². The van der Waals surface area contributed by atoms with Crippen molar-refractivity contribution in [2.75, 3.05) is 19.8 Å². The van der Waals surface area contributed by atoms with Gasteiger partial charge in [-0.25, -0.2) is 9.97 Å². The number of fused-ring (bicyclic) bond motifs is 1. The molecule has 7 heteroatoms. The van der Waals surface area contributed by atoms with E-state index in [1.165, 1.54) is 0 Å². The third-order valence-electron chi connectivity index (χ3n) is 4.03. The quantitative estimate of drug-likeness (QED) is 0.567. The Morgan fingerprint density at radius 1 is 1.19 bits per heavy atom. The molecule has 2 N–H and O–H groups in total. The minimum Gasteiger partial charge on any atom is -0.493 e. The van der Waals surface area contributed by atoms with E-state index in [-0.39, 0.29) is 5.91 Å². The Labute approximate surface area is 158 Å². The van der Waals surface area contributed by atoms with Gasteiger partial charge in [0.15, 0.2) is 0 Å². The normalized spacial score (nSPS) is 10.7. The van der Waals surface area contributed by atoms with Crippen molar-refractivity contribution in [3.8, 4) is 11.6 Å². The molecule has 3 aromatic rings. The fourth-order valence-corrected chi connectivity index (χ4v) is 2.81. The lowest BCUT2D eigenvalue weighted by Gasteiger charge is -2.11. The number of nitrogens with one attached hydrogen (secondary N) is 2. The molecular formula is C20H24N4O3. The van der Waals surface area contributed by atoms with Gasteiger partial charge in [0.2, 0.25) is 5.88 Å². The molecule has 27 heavy (non-hydrogen) atoms. The van der Waals surface area contributed by atoms with E-state index in [4.69, 9.17) is 9.47 Å². The van der Waals surface area contributed by atoms with Gasteiger partial charge in [0.1, 0.15) is 11.6 Å². The summed E-state index contributed by atoms with van der Waals surface area (Å²) in [6, 6.07) is 7.20. The molecular weight excluding hydrogens is 344 g/mol. The molecule has 3 rings (SSSR count). The maximum absolute atomic E-state index is 12.4. The lowest BCUT2D eigenvalue weighted by atomic mass is 10.1. The molecule has 0 aliphatic rings. The Kier molecular flexibility index (Phi) is 6.25. The molecule has 2 heterocycles. The van der Waals surface area contributed by atoms with Crippen molar-refractivity contribution in [2.45, 2.75) is 26.7 Å². The molecule has 1 amide bonds. The second-order valence-electron chi connectivity index (χ2n) is 5.95. The zero-order valence-corrected chi connectivity index (χ0v) is 15.6. The first-order valence-electron chi connectivity index (χ1n) is 9.18. The second-order valence-corrected chi connectivity index (χ2v) is 5.95. The van der Waals surface area contributed by atoms with Crippen LogP contribution in [0.2, 0.25) is 0 Å². The average molecular weight is 368 g/mol. The van der Waals surface area contributed by atoms with Crippen molar-refractivity contribution in [1.29, 1.82) is 0 Å². The van der Waals surface area contributed by atoms with Crippen molar-refractivity contribution in [1.82, 2.24) is 20.3 Å². The summed E-state index contributed by atoms with van der Waals surface area (Å²) in [5.41, 5.74) is 1.23. The summed E-state index contributed by atoms with van der Waals surface area (Å²) in [6.07, 6.45) is 5.13. The molecule has 0 bridgehead atoms. The average Bonchev–Trinajstić information content (AvgIpc) is 3.18. The number of hydrogen-bond acceptors (Lipinski definition) is 5. The van der Waals surface area contributed by atoms with Gasteiger partial charge in [-0.2, -0.15) is 0 Å². The van der Waals surface area contributed by atoms with E-state index < -0.39 is 0 Å². The van der Waals surface area contributed by atoms with Gasteiger partial charge in [-0.1, -0.05) is 0 Å². The number of carbonyl (C=O) groups is 1. The number of ether oxygens (including phenoxy) is 2. The summed E-state index contributed by atoms with van der Waals surface area (Å²) >= 11 is 0. The topological polar surface area (TPSA) is 89.1 Å². The first-order chi connectivity index (χ1) is 13.2. The minimum absolute atomic E-state index is 0.127. The molecule has 0 radical (unpaired) electrons. The maximum Gasteiger partial charge on any atom is 0.251 e. The van der Waals surface area contributed by atoms with Crippen LogP contribution in [0.4, 0.5) is 0 Å². The van der Waals surface area contributed by atoms with Crippen LogP contribution in [0.15, 0.2) is 36.7 Å². The number of imidazole rings is 1. The van der Waals surface area contributed by atoms with Crippen LogP contribution in [-0.4, -0.2) is 40.6 Å². The van der Waals surface area contributed by atoms with Gasteiger partial charge in [0.25, 0.3) is 5.91 Å². The van der Waals surface area contributed by atoms with Crippen LogP contribution in [0.5, 0.6) is 11.6 Å². The number of H-pyrrole nitrogens is 1. The highest BCUT2D eigenvalue weighted by molar-refractivity contribution is 5.99. The second kappa shape index (κ2) is 9.02. The molecule has 0 saturated carbocycles. The highest BCUT2D eigenvalue weighted by atomic mass is 16.5. The van der Waals surface area contributed by atoms with Gasteiger partial charge in [-0.05, 0) is 38.5 Å². The molecule has 1 aromatic carbocycles. The van der Waals surface area contributed by atoms with E-state index in [1.54, 1.807) is 30.6 Å². The number of carbonyl (C=O) groups excluding carboxylic acids is 1. The number of hydrogen-bond donors (Lipinski definition) is 2. The van der Waals surface area contributed by atoms with E-state index >= 15 is 0 Å². The Hall–Kier alpha value is -3.09. The predicted octanol–water partition coefficient (Wildman–Crippen LogP) is 3.12. The molecule has 142 valence electrons. The highest BCUT2D eigenvalue weighted by Crippen LogP contribution is 2.29. The lowest BCUT2D eigenvalue weighted by Crippen LogP contribution is -2.24. The highest BCUT2D eigenvalue weighted by Gasteiger charge is 2.12. The van der Waals surface area contributed by atoms with E-state index in [9.17, 15) is 4.79 Å². The summed E-state index contributed by atoms with van der Waals surface area (Å²) in [7, 11) is 0. The Morgan fingerprint density at radius 2 is 2.04 bits per heavy atom. The van der Waals surface area contributed by atoms with E-state index in [1.807, 2.05) is 19.9 Å². The Morgan fingerprint density at radius 3 is 2.78 bits per heavy atom. The smallest absolute Gasteiger partial charge is 0.251 e. The number of rotatable bonds is 9. The Bertz CT molecular complexity index is 894. The van der Waals surface area contributed by atoms with E-state index in [0.717, 1.165) is 24.1 Å². The number of benzene rings is 1. The molecule has 0 aliphatic carbocycles. The summed E-state index contributed by atoms with van der Waals surface area (Å²) in [4.78, 5) is 24.2. The first-order valence-corrected chi connectivity index (χ1v) is 9.18. The molecule has 0 aliphatic heterocycles. The molecule has 0 unspecified atom stereocenters. The minimum atomic E-state index is -0.127. The zero-order valence-electron chi connectivity index (χ0n) is 15.6. The lowest BCUT2D eigenvalue weighted by molar-refractivity contribution is 0.0953. The zero-order chi connectivity index (χ0) is 19.1. The summed E-state index contributed by atoms with van der Waals surface area (Å²) < 4.78 is 11.2. The Balaban J connectivity index is 1.71. The van der Waals surface area contributed by atoms with Gasteiger partial charge in [0, 0.05) is 42.4 Å². The van der Waals surface area contributed by atoms with Gasteiger partial charge in [-0.15, -0.1) is 0 Å². The SMILES string of the molecule is CCOc1cc(OCC)c2ccc(C(=O)NCCCc3ncc[nH]3)cc2n1. The monoisotopic (exact) mass is 368 g/mol. The van der Waals surface area contributed by atoms with Crippen molar-refractivity contribution in [2.24, 2.45) is 0 Å². The van der Waals surface area contributed by atoms with Gasteiger partial charge >= 0.3 is 0 Å². The van der Waals surface area contributed by atoms with Crippen molar-refractivity contribution in [3.05, 3.63) is 48.0 Å². The van der Waals surface area contributed by atoms with Gasteiger partial charge < -0.3 is 19.8 Å². The van der Waals surface area contributed by atoms with Gasteiger partial charge in [0.05, 0.1) is 18.7 Å². The fourth-order valence-electron chi connectivity index (χ4n) is 2.81. The van der Waals surface area contributed by atoms with Crippen LogP contribution >= 0.6 is 0 Å². The molecule has 0 fully saturated rings. The molecule has 2 aromatic heterocycles. The largest absolute Gasteiger partial charge is 0.493 e. The van der Waals surface area contributed by atoms with Crippen LogP contribution < -0.4 is 14.8 Å². The molecule has 0 saturated heterocycles. The summed E-state index contributed by atoms with van der Waals surface area (Å²) in [5, 5.41) is 3.79. The number of pyridine rings is 1. The fraction of sp³-hybridized carbons (Fsp3) is 0.350. The standard InChI is InChI=1S/C20H24N4O3/c1-3-26-17-13-19(27-4-2)24-16-12-14(7-8-15(16)17)20(25)23-9-5-6-18-21-10-11-22-18/h7-8,10-13H,3-6,9H2,1-2H3,(H,21,22)(H,23,25).